The van der Waals surface area contributed by atoms with Crippen molar-refractivity contribution in [2.45, 2.75) is 38.1 Å². The van der Waals surface area contributed by atoms with Crippen molar-refractivity contribution < 1.29 is 9.59 Å². The van der Waals surface area contributed by atoms with E-state index < -0.39 is 0 Å². The number of carbonyl (C=O) groups excluding carboxylic acids is 2. The molecular formula is C12H18N4O2S. The van der Waals surface area contributed by atoms with Crippen molar-refractivity contribution >= 4 is 28.4 Å². The first-order valence-electron chi connectivity index (χ1n) is 6.43. The summed E-state index contributed by atoms with van der Waals surface area (Å²) in [5, 5.41) is 7.83. The molecule has 0 radical (unpaired) electrons. The topological polar surface area (TPSA) is 97.1 Å². The summed E-state index contributed by atoms with van der Waals surface area (Å²) in [6.45, 7) is 0. The molecule has 0 saturated heterocycles. The zero-order valence-electron chi connectivity index (χ0n) is 10.6. The fourth-order valence-electron chi connectivity index (χ4n) is 2.41. The van der Waals surface area contributed by atoms with Crippen molar-refractivity contribution in [3.05, 3.63) is 11.6 Å². The fraction of sp³-hybridized carbons (Fsp3) is 0.583. The first-order chi connectivity index (χ1) is 9.16. The van der Waals surface area contributed by atoms with Crippen LogP contribution in [0.4, 0.5) is 9.93 Å². The summed E-state index contributed by atoms with van der Waals surface area (Å²) in [5.74, 6) is -0.606. The van der Waals surface area contributed by atoms with E-state index in [-0.39, 0.29) is 23.9 Å². The van der Waals surface area contributed by atoms with E-state index in [0.29, 0.717) is 5.13 Å². The molecule has 19 heavy (non-hydrogen) atoms. The molecule has 0 bridgehead atoms. The maximum absolute atomic E-state index is 11.9. The van der Waals surface area contributed by atoms with Gasteiger partial charge in [-0.1, -0.05) is 19.3 Å². The van der Waals surface area contributed by atoms with Crippen molar-refractivity contribution in [2.24, 2.45) is 11.7 Å². The average Bonchev–Trinajstić information content (AvgIpc) is 2.73. The second kappa shape index (κ2) is 6.51. The molecule has 4 N–H and O–H groups in total. The van der Waals surface area contributed by atoms with Gasteiger partial charge in [-0.2, -0.15) is 0 Å². The molecule has 1 aromatic heterocycles. The van der Waals surface area contributed by atoms with Crippen LogP contribution in [0.1, 0.15) is 32.1 Å². The number of amides is 3. The van der Waals surface area contributed by atoms with Gasteiger partial charge in [-0.15, -0.1) is 11.3 Å². The minimum absolute atomic E-state index is 0.181. The highest BCUT2D eigenvalue weighted by atomic mass is 32.1. The van der Waals surface area contributed by atoms with Crippen LogP contribution in [0.3, 0.4) is 0 Å². The molecular weight excluding hydrogens is 264 g/mol. The predicted octanol–water partition coefficient (Wildman–Crippen LogP) is 1.70. The van der Waals surface area contributed by atoms with Crippen molar-refractivity contribution in [1.82, 2.24) is 10.3 Å². The summed E-state index contributed by atoms with van der Waals surface area (Å²) >= 11 is 1.35. The minimum Gasteiger partial charge on any atom is -0.369 e. The van der Waals surface area contributed by atoms with Gasteiger partial charge in [-0.25, -0.2) is 9.78 Å². The highest BCUT2D eigenvalue weighted by molar-refractivity contribution is 7.13. The summed E-state index contributed by atoms with van der Waals surface area (Å²) in [4.78, 5) is 27.3. The summed E-state index contributed by atoms with van der Waals surface area (Å²) in [5.41, 5.74) is 5.42. The van der Waals surface area contributed by atoms with Gasteiger partial charge in [0.1, 0.15) is 0 Å². The fourth-order valence-corrected chi connectivity index (χ4v) is 2.93. The molecule has 0 spiro atoms. The molecule has 7 heteroatoms. The van der Waals surface area contributed by atoms with Crippen LogP contribution in [0, 0.1) is 5.92 Å². The third kappa shape index (κ3) is 3.92. The van der Waals surface area contributed by atoms with E-state index in [1.165, 1.54) is 11.3 Å². The second-order valence-corrected chi connectivity index (χ2v) is 5.58. The van der Waals surface area contributed by atoms with E-state index in [4.69, 9.17) is 5.73 Å². The van der Waals surface area contributed by atoms with Crippen molar-refractivity contribution in [2.75, 3.05) is 5.32 Å². The Kier molecular flexibility index (Phi) is 4.73. The highest BCUT2D eigenvalue weighted by Crippen LogP contribution is 2.23. The lowest BCUT2D eigenvalue weighted by Crippen LogP contribution is -2.46. The molecule has 1 aromatic rings. The SMILES string of the molecule is NC(=O)C1CCCCCC1NC(=O)Nc1nccs1. The Labute approximate surface area is 115 Å². The van der Waals surface area contributed by atoms with Gasteiger partial charge in [0.2, 0.25) is 5.91 Å². The van der Waals surface area contributed by atoms with Crippen LogP contribution < -0.4 is 16.4 Å². The van der Waals surface area contributed by atoms with Gasteiger partial charge in [0.05, 0.1) is 5.92 Å². The summed E-state index contributed by atoms with van der Waals surface area (Å²) < 4.78 is 0. The maximum Gasteiger partial charge on any atom is 0.321 e. The lowest BCUT2D eigenvalue weighted by atomic mass is 9.94. The molecule has 2 rings (SSSR count). The lowest BCUT2D eigenvalue weighted by molar-refractivity contribution is -0.122. The molecule has 1 aliphatic rings. The van der Waals surface area contributed by atoms with Crippen LogP contribution >= 0.6 is 11.3 Å². The van der Waals surface area contributed by atoms with Crippen LogP contribution in [0.15, 0.2) is 11.6 Å². The molecule has 1 aliphatic carbocycles. The number of anilines is 1. The summed E-state index contributed by atoms with van der Waals surface area (Å²) in [6, 6.07) is -0.506. The number of carbonyl (C=O) groups is 2. The average molecular weight is 282 g/mol. The molecule has 1 heterocycles. The van der Waals surface area contributed by atoms with Gasteiger partial charge in [-0.05, 0) is 12.8 Å². The Bertz CT molecular complexity index is 435. The van der Waals surface area contributed by atoms with Crippen molar-refractivity contribution in [1.29, 1.82) is 0 Å². The highest BCUT2D eigenvalue weighted by Gasteiger charge is 2.29. The summed E-state index contributed by atoms with van der Waals surface area (Å²) in [6.07, 6.45) is 6.23. The van der Waals surface area contributed by atoms with Crippen LogP contribution in [0.25, 0.3) is 0 Å². The Morgan fingerprint density at radius 1 is 1.32 bits per heavy atom. The van der Waals surface area contributed by atoms with E-state index in [2.05, 4.69) is 15.6 Å². The van der Waals surface area contributed by atoms with Crippen LogP contribution in [0.5, 0.6) is 0 Å². The predicted molar refractivity (Wildman–Crippen MR) is 73.8 cm³/mol. The lowest BCUT2D eigenvalue weighted by Gasteiger charge is -2.23. The number of hydrogen-bond acceptors (Lipinski definition) is 4. The van der Waals surface area contributed by atoms with Gasteiger partial charge in [0.25, 0.3) is 0 Å². The van der Waals surface area contributed by atoms with E-state index in [1.54, 1.807) is 11.6 Å². The number of nitrogens with zero attached hydrogens (tertiary/aromatic N) is 1. The number of thiazole rings is 1. The maximum atomic E-state index is 11.9. The van der Waals surface area contributed by atoms with E-state index in [1.807, 2.05) is 0 Å². The van der Waals surface area contributed by atoms with Gasteiger partial charge < -0.3 is 11.1 Å². The molecule has 0 aromatic carbocycles. The first kappa shape index (κ1) is 13.8. The van der Waals surface area contributed by atoms with Gasteiger partial charge in [0.15, 0.2) is 5.13 Å². The smallest absolute Gasteiger partial charge is 0.321 e. The molecule has 3 amide bonds. The second-order valence-electron chi connectivity index (χ2n) is 4.69. The van der Waals surface area contributed by atoms with Crippen LogP contribution in [0.2, 0.25) is 0 Å². The van der Waals surface area contributed by atoms with E-state index in [9.17, 15) is 9.59 Å². The monoisotopic (exact) mass is 282 g/mol. The zero-order chi connectivity index (χ0) is 13.7. The number of urea groups is 1. The molecule has 1 fully saturated rings. The van der Waals surface area contributed by atoms with Crippen molar-refractivity contribution in [3.63, 3.8) is 0 Å². The van der Waals surface area contributed by atoms with Gasteiger partial charge >= 0.3 is 6.03 Å². The quantitative estimate of drug-likeness (QED) is 0.736. The Hall–Kier alpha value is -1.63. The molecule has 0 aliphatic heterocycles. The van der Waals surface area contributed by atoms with Gasteiger partial charge in [0, 0.05) is 17.6 Å². The molecule has 2 atom stereocenters. The van der Waals surface area contributed by atoms with E-state index in [0.717, 1.165) is 32.1 Å². The number of hydrogen-bond donors (Lipinski definition) is 3. The third-order valence-corrected chi connectivity index (χ3v) is 4.04. The molecule has 6 nitrogen and oxygen atoms in total. The normalized spacial score (nSPS) is 23.4. The molecule has 104 valence electrons. The number of nitrogens with one attached hydrogen (secondary N) is 2. The number of nitrogens with two attached hydrogens (primary N) is 1. The van der Waals surface area contributed by atoms with E-state index >= 15 is 0 Å². The molecule has 1 saturated carbocycles. The standard InChI is InChI=1S/C12H18N4O2S/c13-10(17)8-4-2-1-3-5-9(8)15-11(18)16-12-14-6-7-19-12/h6-9H,1-5H2,(H2,13,17)(H2,14,15,16,18). The number of primary amides is 1. The van der Waals surface area contributed by atoms with Crippen molar-refractivity contribution in [3.8, 4) is 0 Å². The summed E-state index contributed by atoms with van der Waals surface area (Å²) in [7, 11) is 0. The largest absolute Gasteiger partial charge is 0.369 e. The Balaban J connectivity index is 1.94. The minimum atomic E-state index is -0.332. The Morgan fingerprint density at radius 2 is 2.11 bits per heavy atom. The Morgan fingerprint density at radius 3 is 2.79 bits per heavy atom. The first-order valence-corrected chi connectivity index (χ1v) is 7.31. The number of aromatic nitrogens is 1. The third-order valence-electron chi connectivity index (χ3n) is 3.35. The number of rotatable bonds is 3. The van der Waals surface area contributed by atoms with Crippen LogP contribution in [-0.4, -0.2) is 23.0 Å². The zero-order valence-corrected chi connectivity index (χ0v) is 11.4. The van der Waals surface area contributed by atoms with Crippen LogP contribution in [-0.2, 0) is 4.79 Å². The van der Waals surface area contributed by atoms with Gasteiger partial charge in [-0.3, -0.25) is 10.1 Å². The molecule has 2 unspecified atom stereocenters.